The van der Waals surface area contributed by atoms with Crippen LogP contribution in [0.3, 0.4) is 0 Å². The van der Waals surface area contributed by atoms with E-state index >= 15 is 0 Å². The summed E-state index contributed by atoms with van der Waals surface area (Å²) in [6.45, 7) is 5.49. The lowest BCUT2D eigenvalue weighted by molar-refractivity contribution is 0.352. The third-order valence-corrected chi connectivity index (χ3v) is 2.28. The minimum absolute atomic E-state index is 0.875. The van der Waals surface area contributed by atoms with Gasteiger partial charge in [-0.15, -0.1) is 0 Å². The van der Waals surface area contributed by atoms with Crippen LogP contribution in [0.25, 0.3) is 0 Å². The smallest absolute Gasteiger partial charge is 0.0501 e. The molecular formula is C10H23OP. The van der Waals surface area contributed by atoms with E-state index in [-0.39, 0.29) is 0 Å². The molecule has 0 spiro atoms. The first-order chi connectivity index (χ1) is 5.77. The first-order valence-electron chi connectivity index (χ1n) is 5.09. The zero-order chi connectivity index (χ0) is 9.23. The van der Waals surface area contributed by atoms with Gasteiger partial charge < -0.3 is 4.52 Å². The number of hydrogen-bond acceptors (Lipinski definition) is 1. The first-order valence-corrected chi connectivity index (χ1v) is 5.56. The molecule has 1 nitrogen and oxygen atoms in total. The van der Waals surface area contributed by atoms with E-state index in [1.807, 2.05) is 0 Å². The summed E-state index contributed by atoms with van der Waals surface area (Å²) in [5.74, 6) is 0.875. The molecular weight excluding hydrogens is 167 g/mol. The number of rotatable bonds is 8. The average molecular weight is 190 g/mol. The van der Waals surface area contributed by atoms with Crippen molar-refractivity contribution in [3.63, 3.8) is 0 Å². The molecule has 0 aromatic heterocycles. The molecule has 2 heteroatoms. The highest BCUT2D eigenvalue weighted by molar-refractivity contribution is 7.09. The Kier molecular flexibility index (Phi) is 9.79. The van der Waals surface area contributed by atoms with Crippen LogP contribution in [0.1, 0.15) is 52.4 Å². The lowest BCUT2D eigenvalue weighted by Gasteiger charge is -2.03. The van der Waals surface area contributed by atoms with Crippen molar-refractivity contribution in [3.05, 3.63) is 0 Å². The summed E-state index contributed by atoms with van der Waals surface area (Å²) in [4.78, 5) is 0. The Bertz CT molecular complexity index is 83.9. The number of hydrogen-bond donors (Lipinski definition) is 0. The molecule has 0 aliphatic heterocycles. The van der Waals surface area contributed by atoms with Crippen LogP contribution in [-0.2, 0) is 4.52 Å². The maximum absolute atomic E-state index is 4.90. The van der Waals surface area contributed by atoms with Crippen molar-refractivity contribution < 1.29 is 4.52 Å². The van der Waals surface area contributed by atoms with E-state index < -0.39 is 0 Å². The summed E-state index contributed by atoms with van der Waals surface area (Å²) in [6.07, 6.45) is 8.10. The zero-order valence-electron chi connectivity index (χ0n) is 8.51. The van der Waals surface area contributed by atoms with Gasteiger partial charge in [0.2, 0.25) is 0 Å². The molecule has 1 unspecified atom stereocenters. The maximum atomic E-state index is 4.90. The molecule has 0 heterocycles. The van der Waals surface area contributed by atoms with Crippen LogP contribution >= 0.6 is 9.47 Å². The lowest BCUT2D eigenvalue weighted by atomic mass is 10.0. The van der Waals surface area contributed by atoms with Crippen molar-refractivity contribution >= 4 is 9.47 Å². The van der Waals surface area contributed by atoms with Gasteiger partial charge in [-0.2, -0.15) is 0 Å². The van der Waals surface area contributed by atoms with Crippen molar-refractivity contribution in [1.82, 2.24) is 0 Å². The van der Waals surface area contributed by atoms with E-state index in [1.165, 1.54) is 38.5 Å². The van der Waals surface area contributed by atoms with Gasteiger partial charge in [0.15, 0.2) is 0 Å². The van der Waals surface area contributed by atoms with Crippen LogP contribution in [0.15, 0.2) is 0 Å². The minimum atomic E-state index is 0.875. The Balaban J connectivity index is 2.82. The molecule has 74 valence electrons. The highest BCUT2D eigenvalue weighted by Gasteiger charge is 1.94. The van der Waals surface area contributed by atoms with Crippen molar-refractivity contribution in [3.8, 4) is 0 Å². The lowest BCUT2D eigenvalue weighted by Crippen LogP contribution is -1.88. The fraction of sp³-hybridized carbons (Fsp3) is 1.00. The highest BCUT2D eigenvalue weighted by Crippen LogP contribution is 2.10. The van der Waals surface area contributed by atoms with Gasteiger partial charge in [0.05, 0.1) is 6.61 Å². The van der Waals surface area contributed by atoms with E-state index in [9.17, 15) is 0 Å². The zero-order valence-corrected chi connectivity index (χ0v) is 9.67. The summed E-state index contributed by atoms with van der Waals surface area (Å²) in [7, 11) is 2.30. The predicted molar refractivity (Wildman–Crippen MR) is 58.2 cm³/mol. The van der Waals surface area contributed by atoms with E-state index in [1.54, 1.807) is 0 Å². The molecule has 0 rings (SSSR count). The van der Waals surface area contributed by atoms with E-state index in [0.717, 1.165) is 12.5 Å². The molecule has 0 fully saturated rings. The molecule has 0 aliphatic rings. The quantitative estimate of drug-likeness (QED) is 0.418. The Labute approximate surface area is 79.6 Å². The Morgan fingerprint density at radius 2 is 1.58 bits per heavy atom. The summed E-state index contributed by atoms with van der Waals surface area (Å²) in [5.41, 5.74) is 0. The molecule has 0 N–H and O–H groups in total. The third kappa shape index (κ3) is 10.4. The van der Waals surface area contributed by atoms with E-state index in [4.69, 9.17) is 4.52 Å². The van der Waals surface area contributed by atoms with Crippen molar-refractivity contribution in [1.29, 1.82) is 0 Å². The van der Waals surface area contributed by atoms with E-state index in [2.05, 4.69) is 23.3 Å². The van der Waals surface area contributed by atoms with Crippen molar-refractivity contribution in [2.45, 2.75) is 52.4 Å². The van der Waals surface area contributed by atoms with Crippen LogP contribution in [0.4, 0.5) is 0 Å². The molecule has 12 heavy (non-hydrogen) atoms. The van der Waals surface area contributed by atoms with Gasteiger partial charge in [-0.1, -0.05) is 46.0 Å². The first kappa shape index (κ1) is 12.4. The molecule has 0 aromatic rings. The molecule has 0 aromatic carbocycles. The summed E-state index contributed by atoms with van der Waals surface area (Å²) >= 11 is 0. The largest absolute Gasteiger partial charge is 0.366 e. The van der Waals surface area contributed by atoms with E-state index in [0.29, 0.717) is 0 Å². The van der Waals surface area contributed by atoms with Gasteiger partial charge in [0.25, 0.3) is 0 Å². The second-order valence-corrected chi connectivity index (χ2v) is 4.15. The molecule has 0 amide bonds. The second kappa shape index (κ2) is 9.48. The van der Waals surface area contributed by atoms with Crippen molar-refractivity contribution in [2.75, 3.05) is 6.61 Å². The van der Waals surface area contributed by atoms with Gasteiger partial charge in [-0.05, 0) is 12.3 Å². The minimum Gasteiger partial charge on any atom is -0.366 e. The third-order valence-electron chi connectivity index (χ3n) is 2.04. The van der Waals surface area contributed by atoms with Crippen LogP contribution in [0.5, 0.6) is 0 Å². The van der Waals surface area contributed by atoms with Crippen molar-refractivity contribution in [2.24, 2.45) is 5.92 Å². The van der Waals surface area contributed by atoms with Crippen LogP contribution in [-0.4, -0.2) is 6.61 Å². The van der Waals surface area contributed by atoms with Gasteiger partial charge >= 0.3 is 0 Å². The van der Waals surface area contributed by atoms with Gasteiger partial charge in [0.1, 0.15) is 0 Å². The normalized spacial score (nSPS) is 11.0. The van der Waals surface area contributed by atoms with Gasteiger partial charge in [-0.25, -0.2) is 0 Å². The molecule has 0 saturated heterocycles. The monoisotopic (exact) mass is 190 g/mol. The van der Waals surface area contributed by atoms with Gasteiger partial charge in [-0.3, -0.25) is 0 Å². The molecule has 0 aliphatic carbocycles. The number of unbranched alkanes of at least 4 members (excludes halogenated alkanes) is 4. The second-order valence-electron chi connectivity index (χ2n) is 3.82. The fourth-order valence-electron chi connectivity index (χ4n) is 1.27. The fourth-order valence-corrected chi connectivity index (χ4v) is 1.43. The van der Waals surface area contributed by atoms with Gasteiger partial charge in [0, 0.05) is 9.47 Å². The molecule has 1 atom stereocenters. The van der Waals surface area contributed by atoms with Crippen LogP contribution in [0, 0.1) is 5.92 Å². The molecule has 0 radical (unpaired) electrons. The Hall–Kier alpha value is 0.390. The van der Waals surface area contributed by atoms with Crippen LogP contribution < -0.4 is 0 Å². The molecule has 0 bridgehead atoms. The summed E-state index contributed by atoms with van der Waals surface area (Å²) < 4.78 is 4.90. The molecule has 0 saturated carbocycles. The average Bonchev–Trinajstić information content (AvgIpc) is 2.02. The van der Waals surface area contributed by atoms with Crippen LogP contribution in [0.2, 0.25) is 0 Å². The topological polar surface area (TPSA) is 9.23 Å². The maximum Gasteiger partial charge on any atom is 0.0501 e. The summed E-state index contributed by atoms with van der Waals surface area (Å²) in [5, 5.41) is 0. The SMILES string of the molecule is CC(C)CCCCCCCOP. The summed E-state index contributed by atoms with van der Waals surface area (Å²) in [6, 6.07) is 0. The standard InChI is InChI=1S/C10H23OP/c1-10(2)8-6-4-3-5-7-9-11-12/h10H,3-9,12H2,1-2H3. The Morgan fingerprint density at radius 3 is 2.17 bits per heavy atom. The highest BCUT2D eigenvalue weighted by atomic mass is 31.0. The predicted octanol–water partition coefficient (Wildman–Crippen LogP) is 3.79. The Morgan fingerprint density at radius 1 is 1.00 bits per heavy atom.